The molecule has 124 valence electrons. The van der Waals surface area contributed by atoms with Crippen molar-refractivity contribution < 1.29 is 22.7 Å². The van der Waals surface area contributed by atoms with Gasteiger partial charge in [-0.1, -0.05) is 12.8 Å². The summed E-state index contributed by atoms with van der Waals surface area (Å²) in [5, 5.41) is 8.96. The molecule has 0 unspecified atom stereocenters. The molecule has 2 aromatic rings. The summed E-state index contributed by atoms with van der Waals surface area (Å²) in [6, 6.07) is 2.67. The largest absolute Gasteiger partial charge is 0.477 e. The van der Waals surface area contributed by atoms with Crippen molar-refractivity contribution in [2.24, 2.45) is 0 Å². The van der Waals surface area contributed by atoms with Gasteiger partial charge in [-0.25, -0.2) is 18.0 Å². The Morgan fingerprint density at radius 3 is 2.61 bits per heavy atom. The highest BCUT2D eigenvalue weighted by molar-refractivity contribution is 7.93. The number of thiophene rings is 1. The summed E-state index contributed by atoms with van der Waals surface area (Å²) in [5.41, 5.74) is -1.23. The second-order valence-electron chi connectivity index (χ2n) is 5.48. The molecule has 0 amide bonds. The molecule has 0 bridgehead atoms. The van der Waals surface area contributed by atoms with Crippen molar-refractivity contribution in [2.45, 2.75) is 30.9 Å². The summed E-state index contributed by atoms with van der Waals surface area (Å²) in [4.78, 5) is 22.6. The van der Waals surface area contributed by atoms with E-state index in [1.54, 1.807) is 0 Å². The van der Waals surface area contributed by atoms with Crippen LogP contribution in [0.2, 0.25) is 0 Å². The fourth-order valence-electron chi connectivity index (χ4n) is 2.74. The SMILES string of the molecule is CN(c1cc2oc(=O)c(C(=O)O)cc2s1)S(=O)(=O)C1CCCC1. The van der Waals surface area contributed by atoms with E-state index in [2.05, 4.69) is 0 Å². The number of hydrogen-bond acceptors (Lipinski definition) is 6. The molecule has 0 aliphatic heterocycles. The van der Waals surface area contributed by atoms with Crippen molar-refractivity contribution >= 4 is 42.6 Å². The predicted octanol–water partition coefficient (Wildman–Crippen LogP) is 2.26. The van der Waals surface area contributed by atoms with Gasteiger partial charge in [-0.15, -0.1) is 11.3 Å². The van der Waals surface area contributed by atoms with E-state index in [9.17, 15) is 18.0 Å². The maximum absolute atomic E-state index is 12.6. The number of anilines is 1. The molecule has 1 N–H and O–H groups in total. The third-order valence-electron chi connectivity index (χ3n) is 4.06. The van der Waals surface area contributed by atoms with Gasteiger partial charge < -0.3 is 9.52 Å². The van der Waals surface area contributed by atoms with Crippen LogP contribution in [0, 0.1) is 0 Å². The Kier molecular flexibility index (Phi) is 3.93. The standard InChI is InChI=1S/C14H15NO6S2/c1-15(23(19,20)8-4-2-3-5-8)12-7-10-11(22-12)6-9(13(16)17)14(18)21-10/h6-8H,2-5H2,1H3,(H,16,17). The molecule has 3 rings (SSSR count). The van der Waals surface area contributed by atoms with Gasteiger partial charge >= 0.3 is 11.6 Å². The molecule has 23 heavy (non-hydrogen) atoms. The van der Waals surface area contributed by atoms with Crippen LogP contribution in [-0.4, -0.2) is 31.8 Å². The number of carboxylic acids is 1. The molecule has 7 nitrogen and oxygen atoms in total. The highest BCUT2D eigenvalue weighted by atomic mass is 32.2. The molecular weight excluding hydrogens is 342 g/mol. The Morgan fingerprint density at radius 1 is 1.35 bits per heavy atom. The molecule has 0 radical (unpaired) electrons. The van der Waals surface area contributed by atoms with Crippen LogP contribution in [0.5, 0.6) is 0 Å². The number of sulfonamides is 1. The summed E-state index contributed by atoms with van der Waals surface area (Å²) in [6.45, 7) is 0. The van der Waals surface area contributed by atoms with Gasteiger partial charge in [0.05, 0.1) is 9.95 Å². The molecule has 2 aromatic heterocycles. The maximum Gasteiger partial charge on any atom is 0.351 e. The number of aromatic carboxylic acids is 1. The molecule has 0 aromatic carbocycles. The molecule has 0 saturated heterocycles. The third-order valence-corrected chi connectivity index (χ3v) is 7.59. The molecule has 1 saturated carbocycles. The van der Waals surface area contributed by atoms with Crippen molar-refractivity contribution in [1.82, 2.24) is 0 Å². The minimum atomic E-state index is -3.47. The van der Waals surface area contributed by atoms with Crippen molar-refractivity contribution in [3.8, 4) is 0 Å². The zero-order valence-corrected chi connectivity index (χ0v) is 13.9. The Hall–Kier alpha value is -1.87. The van der Waals surface area contributed by atoms with Gasteiger partial charge in [0.25, 0.3) is 0 Å². The van der Waals surface area contributed by atoms with Crippen LogP contribution in [0.4, 0.5) is 5.00 Å². The van der Waals surface area contributed by atoms with Crippen LogP contribution in [0.15, 0.2) is 21.3 Å². The minimum Gasteiger partial charge on any atom is -0.477 e. The Balaban J connectivity index is 2.03. The summed E-state index contributed by atoms with van der Waals surface area (Å²) < 4.78 is 31.8. The molecule has 1 aliphatic carbocycles. The zero-order valence-electron chi connectivity index (χ0n) is 12.3. The van der Waals surface area contributed by atoms with Gasteiger partial charge in [0.2, 0.25) is 10.0 Å². The smallest absolute Gasteiger partial charge is 0.351 e. The van der Waals surface area contributed by atoms with Crippen LogP contribution in [0.3, 0.4) is 0 Å². The lowest BCUT2D eigenvalue weighted by atomic mass is 10.3. The normalized spacial score (nSPS) is 16.0. The summed E-state index contributed by atoms with van der Waals surface area (Å²) >= 11 is 1.08. The highest BCUT2D eigenvalue weighted by Gasteiger charge is 2.33. The van der Waals surface area contributed by atoms with E-state index in [4.69, 9.17) is 9.52 Å². The number of fused-ring (bicyclic) bond motifs is 1. The van der Waals surface area contributed by atoms with Crippen LogP contribution in [0.1, 0.15) is 36.0 Å². The summed E-state index contributed by atoms with van der Waals surface area (Å²) in [6.07, 6.45) is 3.10. The topological polar surface area (TPSA) is 105 Å². The summed E-state index contributed by atoms with van der Waals surface area (Å²) in [7, 11) is -2.00. The van der Waals surface area contributed by atoms with Gasteiger partial charge in [0.1, 0.15) is 10.6 Å². The third kappa shape index (κ3) is 2.74. The first-order valence-corrected chi connectivity index (χ1v) is 9.41. The fourth-order valence-corrected chi connectivity index (χ4v) is 5.74. The van der Waals surface area contributed by atoms with E-state index in [0.717, 1.165) is 24.2 Å². The Bertz CT molecular complexity index is 920. The molecule has 1 fully saturated rings. The van der Waals surface area contributed by atoms with Gasteiger partial charge in [0, 0.05) is 13.1 Å². The van der Waals surface area contributed by atoms with E-state index in [0.29, 0.717) is 22.5 Å². The second-order valence-corrected chi connectivity index (χ2v) is 8.79. The lowest BCUT2D eigenvalue weighted by Crippen LogP contribution is -2.34. The lowest BCUT2D eigenvalue weighted by Gasteiger charge is -2.21. The van der Waals surface area contributed by atoms with Crippen molar-refractivity contribution in [3.63, 3.8) is 0 Å². The van der Waals surface area contributed by atoms with E-state index >= 15 is 0 Å². The monoisotopic (exact) mass is 357 g/mol. The average molecular weight is 357 g/mol. The number of nitrogens with zero attached hydrogens (tertiary/aromatic N) is 1. The molecule has 0 spiro atoms. The quantitative estimate of drug-likeness (QED) is 0.900. The zero-order chi connectivity index (χ0) is 16.8. The lowest BCUT2D eigenvalue weighted by molar-refractivity contribution is 0.0692. The minimum absolute atomic E-state index is 0.188. The van der Waals surface area contributed by atoms with Crippen LogP contribution in [-0.2, 0) is 10.0 Å². The summed E-state index contributed by atoms with van der Waals surface area (Å²) in [5.74, 6) is -1.37. The molecule has 9 heteroatoms. The Morgan fingerprint density at radius 2 is 2.00 bits per heavy atom. The maximum atomic E-state index is 12.6. The van der Waals surface area contributed by atoms with E-state index in [1.165, 1.54) is 23.5 Å². The van der Waals surface area contributed by atoms with Crippen LogP contribution < -0.4 is 9.93 Å². The van der Waals surface area contributed by atoms with Crippen LogP contribution in [0.25, 0.3) is 10.3 Å². The first-order valence-electron chi connectivity index (χ1n) is 7.09. The van der Waals surface area contributed by atoms with Gasteiger partial charge in [-0.05, 0) is 18.9 Å². The second kappa shape index (κ2) is 5.64. The van der Waals surface area contributed by atoms with Gasteiger partial charge in [-0.3, -0.25) is 4.31 Å². The average Bonchev–Trinajstić information content (AvgIpc) is 3.14. The fraction of sp³-hybridized carbons (Fsp3) is 0.429. The number of carboxylic acid groups (broad SMARTS) is 1. The molecule has 1 aliphatic rings. The molecule has 0 atom stereocenters. The van der Waals surface area contributed by atoms with Crippen molar-refractivity contribution in [2.75, 3.05) is 11.4 Å². The van der Waals surface area contributed by atoms with Crippen molar-refractivity contribution in [1.29, 1.82) is 0 Å². The number of carbonyl (C=O) groups is 1. The van der Waals surface area contributed by atoms with Crippen LogP contribution >= 0.6 is 11.3 Å². The predicted molar refractivity (Wildman–Crippen MR) is 86.9 cm³/mol. The van der Waals surface area contributed by atoms with E-state index in [-0.39, 0.29) is 10.8 Å². The van der Waals surface area contributed by atoms with Gasteiger partial charge in [0.15, 0.2) is 5.58 Å². The molecular formula is C14H15NO6S2. The first kappa shape index (κ1) is 16.0. The first-order chi connectivity index (χ1) is 10.8. The van der Waals surface area contributed by atoms with E-state index < -0.39 is 27.2 Å². The number of rotatable bonds is 4. The highest BCUT2D eigenvalue weighted by Crippen LogP contribution is 2.36. The Labute approximate surface area is 136 Å². The van der Waals surface area contributed by atoms with Crippen molar-refractivity contribution in [3.05, 3.63) is 28.1 Å². The number of hydrogen-bond donors (Lipinski definition) is 1. The van der Waals surface area contributed by atoms with Gasteiger partial charge in [-0.2, -0.15) is 0 Å². The molecule has 2 heterocycles. The van der Waals surface area contributed by atoms with E-state index in [1.807, 2.05) is 0 Å².